The van der Waals surface area contributed by atoms with Crippen LogP contribution in [0.25, 0.3) is 17.0 Å². The summed E-state index contributed by atoms with van der Waals surface area (Å²) in [5.74, 6) is -3.66. The zero-order valence-electron chi connectivity index (χ0n) is 17.0. The van der Waals surface area contributed by atoms with Crippen LogP contribution in [0.15, 0.2) is 42.9 Å². The molecule has 0 radical (unpaired) electrons. The standard InChI is InChI=1S/C20H17ClF2N6O3/c1-3-32-18(30)12-8-24-28(10-12)19-26-15-9-25-29(16(15)17(27-19)31-2)11-20(22,23)13-4-6-14(21)7-5-13/h4-10H,3,11H2,1-2H3. The van der Waals surface area contributed by atoms with Gasteiger partial charge in [-0.3, -0.25) is 4.68 Å². The molecule has 0 saturated heterocycles. The first-order valence-electron chi connectivity index (χ1n) is 9.46. The normalized spacial score (nSPS) is 11.7. The SMILES string of the molecule is CCOC(=O)c1cnn(-c2nc(OC)c3c(cnn3CC(F)(F)c3ccc(Cl)cc3)n2)c1. The highest BCUT2D eigenvalue weighted by Crippen LogP contribution is 2.33. The summed E-state index contributed by atoms with van der Waals surface area (Å²) >= 11 is 5.79. The van der Waals surface area contributed by atoms with Crippen molar-refractivity contribution in [1.82, 2.24) is 29.5 Å². The molecule has 0 unspecified atom stereocenters. The molecule has 0 spiro atoms. The Morgan fingerprint density at radius 1 is 1.16 bits per heavy atom. The van der Waals surface area contributed by atoms with Gasteiger partial charge < -0.3 is 9.47 Å². The van der Waals surface area contributed by atoms with E-state index in [9.17, 15) is 13.6 Å². The van der Waals surface area contributed by atoms with Gasteiger partial charge in [0.2, 0.25) is 5.88 Å². The quantitative estimate of drug-likeness (QED) is 0.387. The summed E-state index contributed by atoms with van der Waals surface area (Å²) < 4.78 is 42.3. The maximum atomic E-state index is 14.9. The molecule has 0 amide bonds. The molecule has 32 heavy (non-hydrogen) atoms. The van der Waals surface area contributed by atoms with Crippen molar-refractivity contribution in [3.8, 4) is 11.8 Å². The summed E-state index contributed by atoms with van der Waals surface area (Å²) in [6.07, 6.45) is 4.04. The van der Waals surface area contributed by atoms with Gasteiger partial charge in [0.25, 0.3) is 11.9 Å². The summed E-state index contributed by atoms with van der Waals surface area (Å²) in [4.78, 5) is 20.4. The molecule has 166 valence electrons. The summed E-state index contributed by atoms with van der Waals surface area (Å²) in [5.41, 5.74) is 0.479. The highest BCUT2D eigenvalue weighted by atomic mass is 35.5. The Morgan fingerprint density at radius 3 is 2.59 bits per heavy atom. The molecule has 0 saturated carbocycles. The van der Waals surface area contributed by atoms with Gasteiger partial charge in [0.15, 0.2) is 0 Å². The molecule has 3 aromatic heterocycles. The number of esters is 1. The fourth-order valence-electron chi connectivity index (χ4n) is 3.04. The maximum absolute atomic E-state index is 14.9. The third kappa shape index (κ3) is 4.11. The van der Waals surface area contributed by atoms with E-state index in [4.69, 9.17) is 21.1 Å². The third-order valence-electron chi connectivity index (χ3n) is 4.55. The summed E-state index contributed by atoms with van der Waals surface area (Å²) in [5, 5.41) is 8.47. The fraction of sp³-hybridized carbons (Fsp3) is 0.250. The molecule has 0 aliphatic carbocycles. The number of alkyl halides is 2. The first kappa shape index (κ1) is 21.6. The molecule has 0 bridgehead atoms. The van der Waals surface area contributed by atoms with Crippen LogP contribution in [0, 0.1) is 0 Å². The van der Waals surface area contributed by atoms with Crippen molar-refractivity contribution in [2.24, 2.45) is 0 Å². The minimum absolute atomic E-state index is 0.0302. The Balaban J connectivity index is 1.69. The Bertz CT molecular complexity index is 1270. The van der Waals surface area contributed by atoms with E-state index in [2.05, 4.69) is 20.2 Å². The lowest BCUT2D eigenvalue weighted by molar-refractivity contribution is -0.0243. The number of nitrogens with zero attached hydrogens (tertiary/aromatic N) is 6. The monoisotopic (exact) mass is 462 g/mol. The molecule has 3 heterocycles. The number of hydrogen-bond acceptors (Lipinski definition) is 7. The van der Waals surface area contributed by atoms with Gasteiger partial charge in [-0.25, -0.2) is 14.5 Å². The second-order valence-corrected chi connectivity index (χ2v) is 7.11. The van der Waals surface area contributed by atoms with E-state index in [-0.39, 0.29) is 40.6 Å². The zero-order chi connectivity index (χ0) is 22.9. The molecule has 12 heteroatoms. The molecule has 0 atom stereocenters. The molecule has 4 rings (SSSR count). The van der Waals surface area contributed by atoms with E-state index in [1.165, 1.54) is 54.6 Å². The molecule has 0 aliphatic heterocycles. The molecule has 9 nitrogen and oxygen atoms in total. The van der Waals surface area contributed by atoms with E-state index in [1.807, 2.05) is 0 Å². The van der Waals surface area contributed by atoms with Crippen LogP contribution in [0.5, 0.6) is 5.88 Å². The Kier molecular flexibility index (Phi) is 5.74. The van der Waals surface area contributed by atoms with E-state index < -0.39 is 18.4 Å². The van der Waals surface area contributed by atoms with Crippen LogP contribution in [0.1, 0.15) is 22.8 Å². The van der Waals surface area contributed by atoms with Crippen molar-refractivity contribution < 1.29 is 23.0 Å². The number of methoxy groups -OCH3 is 1. The average Bonchev–Trinajstić information content (AvgIpc) is 3.41. The van der Waals surface area contributed by atoms with Crippen LogP contribution in [0.3, 0.4) is 0 Å². The molecular weight excluding hydrogens is 446 g/mol. The third-order valence-corrected chi connectivity index (χ3v) is 4.80. The molecular formula is C20H17ClF2N6O3. The van der Waals surface area contributed by atoms with Crippen LogP contribution in [-0.2, 0) is 17.2 Å². The van der Waals surface area contributed by atoms with Gasteiger partial charge >= 0.3 is 5.97 Å². The smallest absolute Gasteiger partial charge is 0.341 e. The number of carbonyl (C=O) groups is 1. The van der Waals surface area contributed by atoms with Crippen molar-refractivity contribution in [3.63, 3.8) is 0 Å². The van der Waals surface area contributed by atoms with Gasteiger partial charge in [0, 0.05) is 16.8 Å². The Hall–Kier alpha value is -3.60. The van der Waals surface area contributed by atoms with E-state index in [0.29, 0.717) is 5.02 Å². The van der Waals surface area contributed by atoms with Crippen molar-refractivity contribution in [1.29, 1.82) is 0 Å². The molecule has 0 N–H and O–H groups in total. The number of carbonyl (C=O) groups excluding carboxylic acids is 1. The van der Waals surface area contributed by atoms with Crippen molar-refractivity contribution >= 4 is 28.6 Å². The molecule has 4 aromatic rings. The largest absolute Gasteiger partial charge is 0.479 e. The van der Waals surface area contributed by atoms with Crippen LogP contribution in [0.4, 0.5) is 8.78 Å². The number of aromatic nitrogens is 6. The van der Waals surface area contributed by atoms with Crippen molar-refractivity contribution in [2.45, 2.75) is 19.4 Å². The van der Waals surface area contributed by atoms with Gasteiger partial charge in [0.1, 0.15) is 17.6 Å². The second kappa shape index (κ2) is 8.50. The van der Waals surface area contributed by atoms with Gasteiger partial charge in [-0.15, -0.1) is 0 Å². The molecule has 0 fully saturated rings. The number of hydrogen-bond donors (Lipinski definition) is 0. The average molecular weight is 463 g/mol. The summed E-state index contributed by atoms with van der Waals surface area (Å²) in [6, 6.07) is 5.32. The van der Waals surface area contributed by atoms with E-state index in [1.54, 1.807) is 6.92 Å². The number of fused-ring (bicyclic) bond motifs is 1. The topological polar surface area (TPSA) is 97.0 Å². The lowest BCUT2D eigenvalue weighted by Gasteiger charge is -2.17. The number of rotatable bonds is 7. The lowest BCUT2D eigenvalue weighted by atomic mass is 10.1. The lowest BCUT2D eigenvalue weighted by Crippen LogP contribution is -2.22. The molecule has 0 aliphatic rings. The minimum atomic E-state index is -3.23. The van der Waals surface area contributed by atoms with Gasteiger partial charge in [-0.2, -0.15) is 24.0 Å². The first-order valence-corrected chi connectivity index (χ1v) is 9.83. The number of halogens is 3. The van der Waals surface area contributed by atoms with Crippen LogP contribution < -0.4 is 4.74 Å². The maximum Gasteiger partial charge on any atom is 0.341 e. The second-order valence-electron chi connectivity index (χ2n) is 6.67. The fourth-order valence-corrected chi connectivity index (χ4v) is 3.17. The highest BCUT2D eigenvalue weighted by Gasteiger charge is 2.34. The minimum Gasteiger partial charge on any atom is -0.479 e. The summed E-state index contributed by atoms with van der Waals surface area (Å²) in [7, 11) is 1.35. The number of ether oxygens (including phenoxy) is 2. The van der Waals surface area contributed by atoms with Crippen LogP contribution >= 0.6 is 11.6 Å². The van der Waals surface area contributed by atoms with Crippen LogP contribution in [-0.4, -0.2) is 49.2 Å². The van der Waals surface area contributed by atoms with Gasteiger partial charge in [-0.05, 0) is 19.1 Å². The Labute approximate surface area is 185 Å². The van der Waals surface area contributed by atoms with Crippen molar-refractivity contribution in [2.75, 3.05) is 13.7 Å². The summed E-state index contributed by atoms with van der Waals surface area (Å²) in [6.45, 7) is 1.16. The van der Waals surface area contributed by atoms with Crippen molar-refractivity contribution in [3.05, 3.63) is 59.0 Å². The highest BCUT2D eigenvalue weighted by molar-refractivity contribution is 6.30. The van der Waals surface area contributed by atoms with Crippen LogP contribution in [0.2, 0.25) is 5.02 Å². The van der Waals surface area contributed by atoms with Gasteiger partial charge in [0.05, 0.1) is 31.7 Å². The number of benzene rings is 1. The predicted molar refractivity (Wildman–Crippen MR) is 110 cm³/mol. The Morgan fingerprint density at radius 2 is 1.91 bits per heavy atom. The predicted octanol–water partition coefficient (Wildman–Crippen LogP) is 3.64. The molecule has 1 aromatic carbocycles. The zero-order valence-corrected chi connectivity index (χ0v) is 17.8. The van der Waals surface area contributed by atoms with E-state index >= 15 is 0 Å². The first-order chi connectivity index (χ1) is 15.3. The van der Waals surface area contributed by atoms with Gasteiger partial charge in [-0.1, -0.05) is 23.7 Å². The van der Waals surface area contributed by atoms with E-state index in [0.717, 1.165) is 4.68 Å².